The van der Waals surface area contributed by atoms with Crippen molar-refractivity contribution in [3.63, 3.8) is 0 Å². The SMILES string of the molecule is COCNCc1cc(Cl)ccc1F. The van der Waals surface area contributed by atoms with Crippen molar-refractivity contribution in [2.75, 3.05) is 13.8 Å². The van der Waals surface area contributed by atoms with Gasteiger partial charge in [-0.05, 0) is 18.2 Å². The van der Waals surface area contributed by atoms with Gasteiger partial charge in [0.2, 0.25) is 0 Å². The quantitative estimate of drug-likeness (QED) is 0.598. The van der Waals surface area contributed by atoms with Crippen molar-refractivity contribution in [1.82, 2.24) is 5.32 Å². The van der Waals surface area contributed by atoms with Gasteiger partial charge >= 0.3 is 0 Å². The van der Waals surface area contributed by atoms with Crippen molar-refractivity contribution < 1.29 is 9.13 Å². The van der Waals surface area contributed by atoms with Crippen molar-refractivity contribution in [3.8, 4) is 0 Å². The molecule has 0 amide bonds. The molecule has 1 N–H and O–H groups in total. The molecule has 0 aliphatic heterocycles. The Morgan fingerprint density at radius 2 is 2.31 bits per heavy atom. The van der Waals surface area contributed by atoms with E-state index in [0.29, 0.717) is 23.9 Å². The molecule has 0 aliphatic rings. The molecule has 4 heteroatoms. The van der Waals surface area contributed by atoms with Gasteiger partial charge in [-0.25, -0.2) is 4.39 Å². The molecule has 2 nitrogen and oxygen atoms in total. The first-order valence-corrected chi connectivity index (χ1v) is 4.25. The Morgan fingerprint density at radius 1 is 1.54 bits per heavy atom. The van der Waals surface area contributed by atoms with Crippen LogP contribution in [0.4, 0.5) is 4.39 Å². The molecular weight excluding hydrogens is 193 g/mol. The molecule has 0 fully saturated rings. The van der Waals surface area contributed by atoms with Crippen molar-refractivity contribution in [1.29, 1.82) is 0 Å². The van der Waals surface area contributed by atoms with Crippen LogP contribution in [0.25, 0.3) is 0 Å². The van der Waals surface area contributed by atoms with Crippen LogP contribution in [0.1, 0.15) is 5.56 Å². The average Bonchev–Trinajstić information content (AvgIpc) is 2.11. The zero-order valence-corrected chi connectivity index (χ0v) is 8.07. The van der Waals surface area contributed by atoms with E-state index in [1.807, 2.05) is 0 Å². The third-order valence-corrected chi connectivity index (χ3v) is 1.80. The highest BCUT2D eigenvalue weighted by molar-refractivity contribution is 6.30. The molecule has 0 spiro atoms. The van der Waals surface area contributed by atoms with Crippen molar-refractivity contribution >= 4 is 11.6 Å². The molecule has 13 heavy (non-hydrogen) atoms. The van der Waals surface area contributed by atoms with E-state index in [9.17, 15) is 4.39 Å². The molecule has 0 atom stereocenters. The summed E-state index contributed by atoms with van der Waals surface area (Å²) in [5.74, 6) is -0.256. The Hall–Kier alpha value is -0.640. The number of halogens is 2. The molecule has 0 heterocycles. The lowest BCUT2D eigenvalue weighted by Gasteiger charge is -2.04. The fraction of sp³-hybridized carbons (Fsp3) is 0.333. The zero-order chi connectivity index (χ0) is 9.68. The van der Waals surface area contributed by atoms with E-state index in [0.717, 1.165) is 0 Å². The fourth-order valence-electron chi connectivity index (χ4n) is 0.967. The van der Waals surface area contributed by atoms with Crippen LogP contribution in [0.5, 0.6) is 0 Å². The summed E-state index contributed by atoms with van der Waals surface area (Å²) in [7, 11) is 1.57. The maximum Gasteiger partial charge on any atom is 0.127 e. The van der Waals surface area contributed by atoms with Gasteiger partial charge in [-0.3, -0.25) is 5.32 Å². The zero-order valence-electron chi connectivity index (χ0n) is 7.31. The standard InChI is InChI=1S/C9H11ClFNO/c1-13-6-12-5-7-4-8(10)2-3-9(7)11/h2-4,12H,5-6H2,1H3. The number of rotatable bonds is 4. The smallest absolute Gasteiger partial charge is 0.127 e. The van der Waals surface area contributed by atoms with Crippen LogP contribution in [0.2, 0.25) is 5.02 Å². The van der Waals surface area contributed by atoms with E-state index in [1.54, 1.807) is 13.2 Å². The number of nitrogens with one attached hydrogen (secondary N) is 1. The van der Waals surface area contributed by atoms with Gasteiger partial charge in [0.15, 0.2) is 0 Å². The summed E-state index contributed by atoms with van der Waals surface area (Å²) in [6.07, 6.45) is 0. The highest BCUT2D eigenvalue weighted by atomic mass is 35.5. The Labute approximate surface area is 81.7 Å². The first kappa shape index (κ1) is 10.4. The van der Waals surface area contributed by atoms with E-state index in [2.05, 4.69) is 5.32 Å². The van der Waals surface area contributed by atoms with Gasteiger partial charge < -0.3 is 4.74 Å². The minimum Gasteiger partial charge on any atom is -0.370 e. The van der Waals surface area contributed by atoms with Gasteiger partial charge in [-0.15, -0.1) is 0 Å². The minimum absolute atomic E-state index is 0.256. The number of hydrogen-bond acceptors (Lipinski definition) is 2. The molecule has 1 aromatic carbocycles. The Bertz CT molecular complexity index is 280. The minimum atomic E-state index is -0.256. The Morgan fingerprint density at radius 3 is 3.00 bits per heavy atom. The van der Waals surface area contributed by atoms with Crippen molar-refractivity contribution in [2.45, 2.75) is 6.54 Å². The molecule has 0 aromatic heterocycles. The number of ether oxygens (including phenoxy) is 1. The molecule has 0 saturated heterocycles. The van der Waals surface area contributed by atoms with E-state index in [1.165, 1.54) is 12.1 Å². The van der Waals surface area contributed by atoms with E-state index < -0.39 is 0 Å². The van der Waals surface area contributed by atoms with Crippen LogP contribution in [-0.4, -0.2) is 13.8 Å². The maximum absolute atomic E-state index is 13.1. The second-order valence-electron chi connectivity index (χ2n) is 2.60. The topological polar surface area (TPSA) is 21.3 Å². The van der Waals surface area contributed by atoms with Gasteiger partial charge in [-0.2, -0.15) is 0 Å². The van der Waals surface area contributed by atoms with Crippen LogP contribution in [-0.2, 0) is 11.3 Å². The summed E-state index contributed by atoms with van der Waals surface area (Å²) >= 11 is 5.70. The van der Waals surface area contributed by atoms with Gasteiger partial charge in [0, 0.05) is 24.2 Å². The molecule has 0 unspecified atom stereocenters. The maximum atomic E-state index is 13.1. The predicted octanol–water partition coefficient (Wildman–Crippen LogP) is 2.17. The summed E-state index contributed by atoms with van der Waals surface area (Å²) in [5, 5.41) is 3.44. The predicted molar refractivity (Wildman–Crippen MR) is 50.1 cm³/mol. The van der Waals surface area contributed by atoms with Gasteiger partial charge in [0.05, 0.1) is 6.73 Å². The largest absolute Gasteiger partial charge is 0.370 e. The number of hydrogen-bond donors (Lipinski definition) is 1. The lowest BCUT2D eigenvalue weighted by atomic mass is 10.2. The van der Waals surface area contributed by atoms with E-state index >= 15 is 0 Å². The summed E-state index contributed by atoms with van der Waals surface area (Å²) in [6, 6.07) is 4.47. The van der Waals surface area contributed by atoms with Crippen LogP contribution < -0.4 is 5.32 Å². The van der Waals surface area contributed by atoms with Crippen LogP contribution in [0.15, 0.2) is 18.2 Å². The van der Waals surface area contributed by atoms with E-state index in [-0.39, 0.29) is 5.82 Å². The Kier molecular flexibility index (Phi) is 4.15. The highest BCUT2D eigenvalue weighted by Crippen LogP contribution is 2.14. The van der Waals surface area contributed by atoms with Gasteiger partial charge in [0.1, 0.15) is 5.82 Å². The summed E-state index contributed by atoms with van der Waals surface area (Å²) < 4.78 is 17.8. The first-order valence-electron chi connectivity index (χ1n) is 3.87. The summed E-state index contributed by atoms with van der Waals surface area (Å²) in [4.78, 5) is 0. The molecule has 0 bridgehead atoms. The van der Waals surface area contributed by atoms with Crippen LogP contribution in [0, 0.1) is 5.82 Å². The van der Waals surface area contributed by atoms with Crippen molar-refractivity contribution in [3.05, 3.63) is 34.6 Å². The molecule has 0 aliphatic carbocycles. The third kappa shape index (κ3) is 3.30. The first-order chi connectivity index (χ1) is 6.24. The number of benzene rings is 1. The molecule has 0 saturated carbocycles. The monoisotopic (exact) mass is 203 g/mol. The van der Waals surface area contributed by atoms with E-state index in [4.69, 9.17) is 16.3 Å². The molecular formula is C9H11ClFNO. The fourth-order valence-corrected chi connectivity index (χ4v) is 1.16. The van der Waals surface area contributed by atoms with Crippen LogP contribution >= 0.6 is 11.6 Å². The summed E-state index contributed by atoms with van der Waals surface area (Å²) in [5.41, 5.74) is 0.546. The average molecular weight is 204 g/mol. The lowest BCUT2D eigenvalue weighted by molar-refractivity contribution is 0.174. The summed E-state index contributed by atoms with van der Waals surface area (Å²) in [6.45, 7) is 0.812. The number of methoxy groups -OCH3 is 1. The van der Waals surface area contributed by atoms with Crippen LogP contribution in [0.3, 0.4) is 0 Å². The second-order valence-corrected chi connectivity index (χ2v) is 3.03. The van der Waals surface area contributed by atoms with Gasteiger partial charge in [0.25, 0.3) is 0 Å². The third-order valence-electron chi connectivity index (χ3n) is 1.57. The molecule has 1 rings (SSSR count). The molecule has 1 aromatic rings. The Balaban J connectivity index is 2.59. The normalized spacial score (nSPS) is 10.4. The molecule has 72 valence electrons. The van der Waals surface area contributed by atoms with Crippen molar-refractivity contribution in [2.24, 2.45) is 0 Å². The lowest BCUT2D eigenvalue weighted by Crippen LogP contribution is -2.16. The highest BCUT2D eigenvalue weighted by Gasteiger charge is 2.01. The molecule has 0 radical (unpaired) electrons. The van der Waals surface area contributed by atoms with Gasteiger partial charge in [-0.1, -0.05) is 11.6 Å². The second kappa shape index (κ2) is 5.17.